The fourth-order valence-electron chi connectivity index (χ4n) is 7.86. The molecule has 0 saturated heterocycles. The fraction of sp³-hybridized carbons (Fsp3) is 0. The summed E-state index contributed by atoms with van der Waals surface area (Å²) in [5, 5.41) is 3.56. The smallest absolute Gasteiger partial charge is 0.143 e. The zero-order chi connectivity index (χ0) is 37.3. The highest BCUT2D eigenvalue weighted by atomic mass is 16.3. The van der Waals surface area contributed by atoms with Gasteiger partial charge in [-0.05, 0) is 98.2 Å². The molecule has 0 aliphatic heterocycles. The molecule has 1 heterocycles. The summed E-state index contributed by atoms with van der Waals surface area (Å²) in [5.74, 6) is 0.889. The summed E-state index contributed by atoms with van der Waals surface area (Å²) in [4.78, 5) is 2.35. The number of anilines is 3. The van der Waals surface area contributed by atoms with Crippen molar-refractivity contribution in [1.29, 1.82) is 0 Å². The van der Waals surface area contributed by atoms with Crippen molar-refractivity contribution in [3.63, 3.8) is 0 Å². The summed E-state index contributed by atoms with van der Waals surface area (Å²) in [5.41, 5.74) is 14.6. The maximum Gasteiger partial charge on any atom is 0.143 e. The number of nitrogens with zero attached hydrogens (tertiary/aromatic N) is 1. The van der Waals surface area contributed by atoms with Gasteiger partial charge in [0, 0.05) is 33.6 Å². The molecule has 0 atom stereocenters. The lowest BCUT2D eigenvalue weighted by molar-refractivity contribution is 0.632. The Bertz CT molecular complexity index is 2940. The average Bonchev–Trinajstić information content (AvgIpc) is 3.68. The average molecular weight is 716 g/mol. The molecule has 0 aliphatic carbocycles. The summed E-state index contributed by atoms with van der Waals surface area (Å²) in [6.45, 7) is 0. The van der Waals surface area contributed by atoms with Crippen LogP contribution in [0.1, 0.15) is 0 Å². The van der Waals surface area contributed by atoms with Gasteiger partial charge in [0.05, 0.1) is 0 Å². The molecule has 2 heteroatoms. The van der Waals surface area contributed by atoms with E-state index in [1.54, 1.807) is 0 Å². The lowest BCUT2D eigenvalue weighted by Crippen LogP contribution is -2.10. The van der Waals surface area contributed by atoms with Gasteiger partial charge < -0.3 is 9.32 Å². The first kappa shape index (κ1) is 33.2. The first-order valence-corrected chi connectivity index (χ1v) is 19.1. The van der Waals surface area contributed by atoms with Gasteiger partial charge >= 0.3 is 0 Å². The van der Waals surface area contributed by atoms with E-state index in [0.29, 0.717) is 0 Å². The largest absolute Gasteiger partial charge is 0.455 e. The van der Waals surface area contributed by atoms with Crippen LogP contribution >= 0.6 is 0 Å². The van der Waals surface area contributed by atoms with Gasteiger partial charge in [-0.2, -0.15) is 0 Å². The van der Waals surface area contributed by atoms with Crippen molar-refractivity contribution in [1.82, 2.24) is 0 Å². The van der Waals surface area contributed by atoms with Crippen LogP contribution in [0.4, 0.5) is 17.1 Å². The normalized spacial score (nSPS) is 11.2. The molecule has 0 radical (unpaired) electrons. The van der Waals surface area contributed by atoms with Gasteiger partial charge in [-0.15, -0.1) is 0 Å². The van der Waals surface area contributed by atoms with Crippen molar-refractivity contribution < 1.29 is 4.42 Å². The number of rotatable bonds is 8. The van der Waals surface area contributed by atoms with Crippen molar-refractivity contribution in [3.05, 3.63) is 224 Å². The van der Waals surface area contributed by atoms with Crippen LogP contribution in [0.5, 0.6) is 0 Å². The van der Waals surface area contributed by atoms with Crippen molar-refractivity contribution in [3.8, 4) is 55.8 Å². The Morgan fingerprint density at radius 3 is 1.54 bits per heavy atom. The predicted molar refractivity (Wildman–Crippen MR) is 236 cm³/mol. The van der Waals surface area contributed by atoms with Gasteiger partial charge in [0.1, 0.15) is 11.3 Å². The van der Waals surface area contributed by atoms with Gasteiger partial charge in [0.25, 0.3) is 0 Å². The second kappa shape index (κ2) is 14.4. The minimum atomic E-state index is 0.889. The molecule has 0 saturated carbocycles. The lowest BCUT2D eigenvalue weighted by Gasteiger charge is -2.26. The van der Waals surface area contributed by atoms with Crippen molar-refractivity contribution in [2.75, 3.05) is 4.90 Å². The maximum atomic E-state index is 6.53. The third kappa shape index (κ3) is 6.34. The van der Waals surface area contributed by atoms with Crippen LogP contribution in [-0.2, 0) is 0 Å². The number of fused-ring (bicyclic) bond motifs is 2. The minimum absolute atomic E-state index is 0.889. The molecule has 2 nitrogen and oxygen atoms in total. The Morgan fingerprint density at radius 2 is 0.786 bits per heavy atom. The van der Waals surface area contributed by atoms with E-state index in [2.05, 4.69) is 217 Å². The third-order valence-electron chi connectivity index (χ3n) is 10.7. The van der Waals surface area contributed by atoms with Crippen LogP contribution in [0.25, 0.3) is 77.6 Å². The Labute approximate surface area is 327 Å². The van der Waals surface area contributed by atoms with Gasteiger partial charge in [-0.1, -0.05) is 176 Å². The highest BCUT2D eigenvalue weighted by molar-refractivity contribution is 6.02. The van der Waals surface area contributed by atoms with Crippen molar-refractivity contribution >= 4 is 38.8 Å². The second-order valence-electron chi connectivity index (χ2n) is 14.2. The molecule has 1 aromatic heterocycles. The van der Waals surface area contributed by atoms with Crippen LogP contribution in [0.3, 0.4) is 0 Å². The van der Waals surface area contributed by atoms with E-state index < -0.39 is 0 Å². The minimum Gasteiger partial charge on any atom is -0.455 e. The Hall–Kier alpha value is -7.42. The summed E-state index contributed by atoms with van der Waals surface area (Å²) >= 11 is 0. The first-order valence-electron chi connectivity index (χ1n) is 19.1. The van der Waals surface area contributed by atoms with Gasteiger partial charge in [-0.25, -0.2) is 0 Å². The third-order valence-corrected chi connectivity index (χ3v) is 10.7. The zero-order valence-corrected chi connectivity index (χ0v) is 30.7. The van der Waals surface area contributed by atoms with Crippen LogP contribution in [0, 0.1) is 0 Å². The van der Waals surface area contributed by atoms with Crippen LogP contribution < -0.4 is 4.90 Å². The number of hydrogen-bond acceptors (Lipinski definition) is 2. The molecular formula is C54H37NO. The second-order valence-corrected chi connectivity index (χ2v) is 14.2. The number of para-hydroxylation sites is 1. The molecule has 56 heavy (non-hydrogen) atoms. The molecule has 9 aromatic carbocycles. The quantitative estimate of drug-likeness (QED) is 0.156. The molecule has 10 rings (SSSR count). The molecule has 264 valence electrons. The van der Waals surface area contributed by atoms with E-state index in [4.69, 9.17) is 4.42 Å². The van der Waals surface area contributed by atoms with E-state index in [1.165, 1.54) is 33.0 Å². The fourth-order valence-corrected chi connectivity index (χ4v) is 7.86. The van der Waals surface area contributed by atoms with Gasteiger partial charge in [0.15, 0.2) is 0 Å². The van der Waals surface area contributed by atoms with E-state index in [9.17, 15) is 0 Å². The molecule has 10 aromatic rings. The Balaban J connectivity index is 0.970. The molecule has 0 amide bonds. The zero-order valence-electron chi connectivity index (χ0n) is 30.7. The van der Waals surface area contributed by atoms with Crippen LogP contribution in [0.15, 0.2) is 229 Å². The van der Waals surface area contributed by atoms with E-state index >= 15 is 0 Å². The standard InChI is InChI=1S/C54H37NO/c1-3-13-38(14-4-1)46-20-12-22-49(36-46)55(50-34-31-39-15-7-8-18-45(39)37-50)48-32-29-41(30-33-48)40-25-27-42(28-26-40)44-19-11-21-47(35-44)54-53(43-16-5-2-6-17-43)51-23-9-10-24-52(51)56-54/h1-37H. The van der Waals surface area contributed by atoms with Crippen molar-refractivity contribution in [2.45, 2.75) is 0 Å². The molecule has 0 bridgehead atoms. The Morgan fingerprint density at radius 1 is 0.286 bits per heavy atom. The molecule has 0 N–H and O–H groups in total. The van der Waals surface area contributed by atoms with Crippen LogP contribution in [0.2, 0.25) is 0 Å². The molecule has 0 aliphatic rings. The monoisotopic (exact) mass is 715 g/mol. The van der Waals surface area contributed by atoms with Crippen molar-refractivity contribution in [2.24, 2.45) is 0 Å². The molecule has 0 spiro atoms. The SMILES string of the molecule is c1ccc(-c2cccc(N(c3ccc(-c4ccc(-c5cccc(-c6oc7ccccc7c6-c6ccccc6)c5)cc4)cc3)c3ccc4ccccc4c3)c2)cc1. The van der Waals surface area contributed by atoms with Gasteiger partial charge in [0.2, 0.25) is 0 Å². The predicted octanol–water partition coefficient (Wildman–Crippen LogP) is 15.4. The van der Waals surface area contributed by atoms with E-state index in [0.717, 1.165) is 61.6 Å². The summed E-state index contributed by atoms with van der Waals surface area (Å²) in [6, 6.07) is 79.9. The topological polar surface area (TPSA) is 16.4 Å². The molecule has 0 fully saturated rings. The summed E-state index contributed by atoms with van der Waals surface area (Å²) in [6.07, 6.45) is 0. The maximum absolute atomic E-state index is 6.53. The number of furan rings is 1. The molecule has 0 unspecified atom stereocenters. The summed E-state index contributed by atoms with van der Waals surface area (Å²) in [7, 11) is 0. The highest BCUT2D eigenvalue weighted by Crippen LogP contribution is 2.42. The van der Waals surface area contributed by atoms with Gasteiger partial charge in [-0.3, -0.25) is 0 Å². The van der Waals surface area contributed by atoms with Crippen LogP contribution in [-0.4, -0.2) is 0 Å². The van der Waals surface area contributed by atoms with E-state index in [-0.39, 0.29) is 0 Å². The Kier molecular flexibility index (Phi) is 8.55. The molecular weight excluding hydrogens is 679 g/mol. The highest BCUT2D eigenvalue weighted by Gasteiger charge is 2.18. The summed E-state index contributed by atoms with van der Waals surface area (Å²) < 4.78 is 6.53. The first-order chi connectivity index (χ1) is 27.7. The lowest BCUT2D eigenvalue weighted by atomic mass is 9.95. The van der Waals surface area contributed by atoms with E-state index in [1.807, 2.05) is 12.1 Å². The number of benzene rings is 9. The number of hydrogen-bond donors (Lipinski definition) is 0.